The van der Waals surface area contributed by atoms with Crippen LogP contribution >= 0.6 is 0 Å². The third-order valence-corrected chi connectivity index (χ3v) is 4.40. The number of hydrogen-bond donors (Lipinski definition) is 1. The average molecular weight is 306 g/mol. The third kappa shape index (κ3) is 3.25. The Morgan fingerprint density at radius 2 is 1.83 bits per heavy atom. The first-order chi connectivity index (χ1) is 11.2. The summed E-state index contributed by atoms with van der Waals surface area (Å²) in [5.74, 6) is -1.17. The number of nitrogens with zero attached hydrogens (tertiary/aromatic N) is 2. The van der Waals surface area contributed by atoms with Gasteiger partial charge in [0.15, 0.2) is 0 Å². The SMILES string of the molecule is N#CC1CN(Cc2ccccc2)CC1c1ccccc1C(=O)O. The van der Waals surface area contributed by atoms with Crippen LogP contribution < -0.4 is 0 Å². The minimum absolute atomic E-state index is 0.0592. The molecule has 0 aliphatic carbocycles. The van der Waals surface area contributed by atoms with Crippen molar-refractivity contribution in [3.05, 3.63) is 71.3 Å². The van der Waals surface area contributed by atoms with Gasteiger partial charge in [0, 0.05) is 25.6 Å². The summed E-state index contributed by atoms with van der Waals surface area (Å²) in [6.45, 7) is 2.16. The van der Waals surface area contributed by atoms with Crippen LogP contribution in [0.1, 0.15) is 27.4 Å². The standard InChI is InChI=1S/C19H18N2O2/c20-10-15-12-21(11-14-6-2-1-3-7-14)13-18(15)16-8-4-5-9-17(16)19(22)23/h1-9,15,18H,11-13H2,(H,22,23). The number of carboxylic acids is 1. The van der Waals surface area contributed by atoms with Gasteiger partial charge in [-0.15, -0.1) is 0 Å². The number of carboxylic acid groups (broad SMARTS) is 1. The largest absolute Gasteiger partial charge is 0.478 e. The van der Waals surface area contributed by atoms with Gasteiger partial charge in [-0.3, -0.25) is 4.90 Å². The zero-order valence-corrected chi connectivity index (χ0v) is 12.7. The predicted octanol–water partition coefficient (Wildman–Crippen LogP) is 3.12. The van der Waals surface area contributed by atoms with Crippen LogP contribution in [0.3, 0.4) is 0 Å². The van der Waals surface area contributed by atoms with Gasteiger partial charge in [0.2, 0.25) is 0 Å². The summed E-state index contributed by atoms with van der Waals surface area (Å²) in [7, 11) is 0. The van der Waals surface area contributed by atoms with E-state index in [1.165, 1.54) is 5.56 Å². The molecule has 1 aliphatic rings. The molecule has 2 aromatic carbocycles. The molecule has 0 saturated carbocycles. The van der Waals surface area contributed by atoms with Crippen molar-refractivity contribution in [2.45, 2.75) is 12.5 Å². The fourth-order valence-electron chi connectivity index (χ4n) is 3.32. The van der Waals surface area contributed by atoms with Crippen LogP contribution in [0, 0.1) is 17.2 Å². The Morgan fingerprint density at radius 3 is 2.52 bits per heavy atom. The molecule has 1 fully saturated rings. The normalized spacial score (nSPS) is 21.0. The Hall–Kier alpha value is -2.64. The number of nitriles is 1. The van der Waals surface area contributed by atoms with E-state index < -0.39 is 5.97 Å². The van der Waals surface area contributed by atoms with Crippen LogP contribution in [-0.2, 0) is 6.54 Å². The molecule has 1 aliphatic heterocycles. The van der Waals surface area contributed by atoms with E-state index in [2.05, 4.69) is 23.1 Å². The number of rotatable bonds is 4. The van der Waals surface area contributed by atoms with Gasteiger partial charge in [-0.25, -0.2) is 4.79 Å². The molecule has 4 nitrogen and oxygen atoms in total. The fourth-order valence-corrected chi connectivity index (χ4v) is 3.32. The first-order valence-electron chi connectivity index (χ1n) is 7.67. The van der Waals surface area contributed by atoms with Crippen molar-refractivity contribution in [3.63, 3.8) is 0 Å². The highest BCUT2D eigenvalue weighted by atomic mass is 16.4. The van der Waals surface area contributed by atoms with Gasteiger partial charge in [0.25, 0.3) is 0 Å². The maximum atomic E-state index is 11.4. The van der Waals surface area contributed by atoms with E-state index >= 15 is 0 Å². The summed E-state index contributed by atoms with van der Waals surface area (Å²) in [5.41, 5.74) is 2.28. The Labute approximate surface area is 135 Å². The molecule has 0 bridgehead atoms. The van der Waals surface area contributed by atoms with Gasteiger partial charge in [-0.1, -0.05) is 48.5 Å². The number of hydrogen-bond acceptors (Lipinski definition) is 3. The number of carbonyl (C=O) groups is 1. The van der Waals surface area contributed by atoms with Gasteiger partial charge in [-0.05, 0) is 17.2 Å². The van der Waals surface area contributed by atoms with Crippen LogP contribution in [0.4, 0.5) is 0 Å². The van der Waals surface area contributed by atoms with Gasteiger partial charge in [0.05, 0.1) is 17.6 Å². The van der Waals surface area contributed by atoms with Crippen LogP contribution in [-0.4, -0.2) is 29.1 Å². The van der Waals surface area contributed by atoms with Gasteiger partial charge in [0.1, 0.15) is 0 Å². The minimum atomic E-state index is -0.932. The smallest absolute Gasteiger partial charge is 0.335 e. The zero-order valence-electron chi connectivity index (χ0n) is 12.7. The first-order valence-corrected chi connectivity index (χ1v) is 7.67. The molecule has 2 unspecified atom stereocenters. The molecule has 0 spiro atoms. The molecule has 116 valence electrons. The van der Waals surface area contributed by atoms with Crippen LogP contribution in [0.2, 0.25) is 0 Å². The lowest BCUT2D eigenvalue weighted by atomic mass is 9.87. The summed E-state index contributed by atoms with van der Waals surface area (Å²) < 4.78 is 0. The fraction of sp³-hybridized carbons (Fsp3) is 0.263. The van der Waals surface area contributed by atoms with E-state index in [1.807, 2.05) is 30.3 Å². The Kier molecular flexibility index (Phi) is 4.40. The van der Waals surface area contributed by atoms with Crippen molar-refractivity contribution >= 4 is 5.97 Å². The number of aromatic carboxylic acids is 1. The predicted molar refractivity (Wildman–Crippen MR) is 87.0 cm³/mol. The maximum absolute atomic E-state index is 11.4. The zero-order chi connectivity index (χ0) is 16.2. The highest BCUT2D eigenvalue weighted by Gasteiger charge is 2.35. The Bertz CT molecular complexity index is 737. The minimum Gasteiger partial charge on any atom is -0.478 e. The molecule has 1 heterocycles. The van der Waals surface area contributed by atoms with Crippen molar-refractivity contribution in [2.24, 2.45) is 5.92 Å². The quantitative estimate of drug-likeness (QED) is 0.942. The van der Waals surface area contributed by atoms with E-state index in [0.29, 0.717) is 18.7 Å². The topological polar surface area (TPSA) is 64.3 Å². The molecule has 3 rings (SSSR count). The van der Waals surface area contributed by atoms with E-state index in [9.17, 15) is 15.2 Å². The van der Waals surface area contributed by atoms with E-state index in [4.69, 9.17) is 0 Å². The highest BCUT2D eigenvalue weighted by molar-refractivity contribution is 5.89. The van der Waals surface area contributed by atoms with Crippen molar-refractivity contribution in [1.29, 1.82) is 5.26 Å². The number of benzene rings is 2. The average Bonchev–Trinajstić information content (AvgIpc) is 2.98. The van der Waals surface area contributed by atoms with Crippen molar-refractivity contribution in [3.8, 4) is 6.07 Å². The molecule has 0 radical (unpaired) electrons. The summed E-state index contributed by atoms with van der Waals surface area (Å²) in [4.78, 5) is 13.7. The van der Waals surface area contributed by atoms with E-state index in [-0.39, 0.29) is 11.8 Å². The third-order valence-electron chi connectivity index (χ3n) is 4.40. The molecule has 2 atom stereocenters. The van der Waals surface area contributed by atoms with Gasteiger partial charge < -0.3 is 5.11 Å². The second-order valence-corrected chi connectivity index (χ2v) is 5.91. The summed E-state index contributed by atoms with van der Waals surface area (Å²) in [6, 6.07) is 19.5. The van der Waals surface area contributed by atoms with Crippen molar-refractivity contribution in [1.82, 2.24) is 4.90 Å². The molecule has 23 heavy (non-hydrogen) atoms. The van der Waals surface area contributed by atoms with Gasteiger partial charge >= 0.3 is 5.97 Å². The summed E-state index contributed by atoms with van der Waals surface area (Å²) >= 11 is 0. The monoisotopic (exact) mass is 306 g/mol. The lowest BCUT2D eigenvalue weighted by molar-refractivity contribution is 0.0695. The van der Waals surface area contributed by atoms with Crippen LogP contribution in [0.5, 0.6) is 0 Å². The molecule has 4 heteroatoms. The molecule has 0 aromatic heterocycles. The lowest BCUT2D eigenvalue weighted by Gasteiger charge is -2.17. The first kappa shape index (κ1) is 15.3. The molecule has 2 aromatic rings. The molecular weight excluding hydrogens is 288 g/mol. The molecule has 0 amide bonds. The Morgan fingerprint density at radius 1 is 1.13 bits per heavy atom. The summed E-state index contributed by atoms with van der Waals surface area (Å²) in [6.07, 6.45) is 0. The van der Waals surface area contributed by atoms with E-state index in [0.717, 1.165) is 12.1 Å². The molecule has 1 saturated heterocycles. The second-order valence-electron chi connectivity index (χ2n) is 5.91. The maximum Gasteiger partial charge on any atom is 0.335 e. The van der Waals surface area contributed by atoms with Crippen molar-refractivity contribution in [2.75, 3.05) is 13.1 Å². The van der Waals surface area contributed by atoms with Crippen LogP contribution in [0.15, 0.2) is 54.6 Å². The molecular formula is C19H18N2O2. The van der Waals surface area contributed by atoms with Gasteiger partial charge in [-0.2, -0.15) is 5.26 Å². The second kappa shape index (κ2) is 6.64. The van der Waals surface area contributed by atoms with Crippen LogP contribution in [0.25, 0.3) is 0 Å². The summed E-state index contributed by atoms with van der Waals surface area (Å²) in [5, 5.41) is 18.9. The number of likely N-dealkylation sites (tertiary alicyclic amines) is 1. The highest BCUT2D eigenvalue weighted by Crippen LogP contribution is 2.34. The lowest BCUT2D eigenvalue weighted by Crippen LogP contribution is -2.20. The molecule has 1 N–H and O–H groups in total. The Balaban J connectivity index is 1.83. The van der Waals surface area contributed by atoms with Crippen molar-refractivity contribution < 1.29 is 9.90 Å². The van der Waals surface area contributed by atoms with E-state index in [1.54, 1.807) is 12.1 Å².